The summed E-state index contributed by atoms with van der Waals surface area (Å²) in [5.74, 6) is 0.958. The van der Waals surface area contributed by atoms with Crippen molar-refractivity contribution in [2.24, 2.45) is 10.8 Å². The van der Waals surface area contributed by atoms with Gasteiger partial charge in [-0.1, -0.05) is 40.7 Å². The molecule has 0 saturated carbocycles. The SMILES string of the molecule is CC(C)(C)C1c2ccc(O)cc2CC1(C)C. The van der Waals surface area contributed by atoms with Gasteiger partial charge in [0, 0.05) is 0 Å². The summed E-state index contributed by atoms with van der Waals surface area (Å²) >= 11 is 0. The maximum absolute atomic E-state index is 9.56. The third-order valence-electron chi connectivity index (χ3n) is 3.73. The van der Waals surface area contributed by atoms with Gasteiger partial charge < -0.3 is 5.11 Å². The van der Waals surface area contributed by atoms with E-state index in [9.17, 15) is 5.11 Å². The standard InChI is InChI=1S/C15H22O/c1-14(2,3)13-12-7-6-11(16)8-10(12)9-15(13,4)5/h6-8,13,16H,9H2,1-5H3. The van der Waals surface area contributed by atoms with E-state index in [1.165, 1.54) is 11.1 Å². The number of rotatable bonds is 0. The number of fused-ring (bicyclic) bond motifs is 1. The maximum Gasteiger partial charge on any atom is 0.115 e. The van der Waals surface area contributed by atoms with Crippen LogP contribution in [-0.4, -0.2) is 5.11 Å². The van der Waals surface area contributed by atoms with Crippen LogP contribution in [0.2, 0.25) is 0 Å². The lowest BCUT2D eigenvalue weighted by Gasteiger charge is -2.38. The van der Waals surface area contributed by atoms with Crippen molar-refractivity contribution in [1.82, 2.24) is 0 Å². The highest BCUT2D eigenvalue weighted by atomic mass is 16.3. The van der Waals surface area contributed by atoms with Crippen LogP contribution in [0.4, 0.5) is 0 Å². The van der Waals surface area contributed by atoms with Gasteiger partial charge in [0.2, 0.25) is 0 Å². The van der Waals surface area contributed by atoms with Crippen molar-refractivity contribution in [2.75, 3.05) is 0 Å². The lowest BCUT2D eigenvalue weighted by atomic mass is 9.66. The Morgan fingerprint density at radius 3 is 2.44 bits per heavy atom. The van der Waals surface area contributed by atoms with E-state index in [4.69, 9.17) is 0 Å². The van der Waals surface area contributed by atoms with Crippen LogP contribution in [0.5, 0.6) is 5.75 Å². The molecule has 0 bridgehead atoms. The average molecular weight is 218 g/mol. The zero-order chi connectivity index (χ0) is 12.1. The van der Waals surface area contributed by atoms with E-state index in [0.717, 1.165) is 6.42 Å². The van der Waals surface area contributed by atoms with Gasteiger partial charge in [0.1, 0.15) is 5.75 Å². The molecule has 2 rings (SSSR count). The molecular weight excluding hydrogens is 196 g/mol. The van der Waals surface area contributed by atoms with Gasteiger partial charge in [0.25, 0.3) is 0 Å². The molecule has 1 heteroatoms. The highest BCUT2D eigenvalue weighted by Crippen LogP contribution is 2.55. The molecule has 0 aromatic heterocycles. The zero-order valence-electron chi connectivity index (χ0n) is 11.0. The third kappa shape index (κ3) is 1.73. The fourth-order valence-electron chi connectivity index (χ4n) is 3.68. The summed E-state index contributed by atoms with van der Waals surface area (Å²) in [5, 5.41) is 9.56. The van der Waals surface area contributed by atoms with Gasteiger partial charge in [-0.2, -0.15) is 0 Å². The lowest BCUT2D eigenvalue weighted by Crippen LogP contribution is -2.29. The Hall–Kier alpha value is -0.980. The van der Waals surface area contributed by atoms with Gasteiger partial charge in [-0.15, -0.1) is 0 Å². The van der Waals surface area contributed by atoms with Gasteiger partial charge in [0.05, 0.1) is 0 Å². The summed E-state index contributed by atoms with van der Waals surface area (Å²) in [6, 6.07) is 5.86. The largest absolute Gasteiger partial charge is 0.508 e. The number of phenolic OH excluding ortho intramolecular Hbond substituents is 1. The van der Waals surface area contributed by atoms with Gasteiger partial charge in [-0.3, -0.25) is 0 Å². The highest BCUT2D eigenvalue weighted by molar-refractivity contribution is 5.43. The second kappa shape index (κ2) is 3.26. The predicted octanol–water partition coefficient (Wildman–Crippen LogP) is 4.10. The van der Waals surface area contributed by atoms with Crippen molar-refractivity contribution < 1.29 is 5.11 Å². The molecule has 1 atom stereocenters. The van der Waals surface area contributed by atoms with Crippen LogP contribution in [0, 0.1) is 10.8 Å². The molecule has 0 aliphatic heterocycles. The quantitative estimate of drug-likeness (QED) is 0.695. The molecule has 1 nitrogen and oxygen atoms in total. The molecule has 0 spiro atoms. The molecule has 0 radical (unpaired) electrons. The summed E-state index contributed by atoms with van der Waals surface area (Å²) in [4.78, 5) is 0. The second-order valence-corrected chi connectivity index (χ2v) is 6.85. The van der Waals surface area contributed by atoms with Crippen molar-refractivity contribution in [1.29, 1.82) is 0 Å². The Kier molecular flexibility index (Phi) is 2.34. The van der Waals surface area contributed by atoms with E-state index < -0.39 is 0 Å². The van der Waals surface area contributed by atoms with E-state index in [1.54, 1.807) is 0 Å². The Morgan fingerprint density at radius 2 is 1.88 bits per heavy atom. The van der Waals surface area contributed by atoms with Crippen LogP contribution >= 0.6 is 0 Å². The number of hydrogen-bond donors (Lipinski definition) is 1. The number of aromatic hydroxyl groups is 1. The minimum Gasteiger partial charge on any atom is -0.508 e. The average Bonchev–Trinajstić information content (AvgIpc) is 2.32. The molecule has 1 aromatic rings. The van der Waals surface area contributed by atoms with Crippen LogP contribution in [0.1, 0.15) is 51.7 Å². The molecule has 16 heavy (non-hydrogen) atoms. The predicted molar refractivity (Wildman–Crippen MR) is 67.8 cm³/mol. The molecule has 1 aliphatic carbocycles. The lowest BCUT2D eigenvalue weighted by molar-refractivity contribution is 0.178. The minimum absolute atomic E-state index is 0.270. The van der Waals surface area contributed by atoms with E-state index in [-0.39, 0.29) is 10.8 Å². The normalized spacial score (nSPS) is 23.2. The van der Waals surface area contributed by atoms with Crippen LogP contribution < -0.4 is 0 Å². The first-order valence-corrected chi connectivity index (χ1v) is 6.03. The summed E-state index contributed by atoms with van der Waals surface area (Å²) in [6.07, 6.45) is 1.07. The van der Waals surface area contributed by atoms with Gasteiger partial charge >= 0.3 is 0 Å². The fraction of sp³-hybridized carbons (Fsp3) is 0.600. The van der Waals surface area contributed by atoms with E-state index in [1.807, 2.05) is 12.1 Å². The van der Waals surface area contributed by atoms with Crippen molar-refractivity contribution in [3.05, 3.63) is 29.3 Å². The molecule has 1 aromatic carbocycles. The zero-order valence-corrected chi connectivity index (χ0v) is 11.0. The Labute approximate surface area is 98.5 Å². The molecule has 0 amide bonds. The van der Waals surface area contributed by atoms with Crippen LogP contribution in [0.15, 0.2) is 18.2 Å². The minimum atomic E-state index is 0.270. The molecule has 1 aliphatic rings. The summed E-state index contributed by atoms with van der Waals surface area (Å²) in [5.41, 5.74) is 3.31. The van der Waals surface area contributed by atoms with E-state index >= 15 is 0 Å². The molecule has 0 heterocycles. The first-order valence-electron chi connectivity index (χ1n) is 6.03. The molecule has 0 fully saturated rings. The van der Waals surface area contributed by atoms with E-state index in [2.05, 4.69) is 40.7 Å². The molecule has 1 unspecified atom stereocenters. The summed E-state index contributed by atoms with van der Waals surface area (Å²) in [6.45, 7) is 11.6. The molecule has 0 saturated heterocycles. The Balaban J connectivity index is 2.55. The first-order chi connectivity index (χ1) is 7.22. The highest BCUT2D eigenvalue weighted by Gasteiger charge is 2.44. The van der Waals surface area contributed by atoms with Crippen LogP contribution in [0.3, 0.4) is 0 Å². The number of phenols is 1. The fourth-order valence-corrected chi connectivity index (χ4v) is 3.68. The van der Waals surface area contributed by atoms with E-state index in [0.29, 0.717) is 11.7 Å². The number of benzene rings is 1. The smallest absolute Gasteiger partial charge is 0.115 e. The monoisotopic (exact) mass is 218 g/mol. The van der Waals surface area contributed by atoms with Crippen molar-refractivity contribution >= 4 is 0 Å². The molecule has 1 N–H and O–H groups in total. The van der Waals surface area contributed by atoms with Crippen LogP contribution in [-0.2, 0) is 6.42 Å². The number of hydrogen-bond acceptors (Lipinski definition) is 1. The molecular formula is C15H22O. The molecule has 88 valence electrons. The van der Waals surface area contributed by atoms with Crippen molar-refractivity contribution in [2.45, 2.75) is 47.0 Å². The second-order valence-electron chi connectivity index (χ2n) is 6.85. The van der Waals surface area contributed by atoms with Gasteiger partial charge in [0.15, 0.2) is 0 Å². The summed E-state index contributed by atoms with van der Waals surface area (Å²) < 4.78 is 0. The van der Waals surface area contributed by atoms with Gasteiger partial charge in [-0.05, 0) is 46.4 Å². The van der Waals surface area contributed by atoms with Crippen molar-refractivity contribution in [3.8, 4) is 5.75 Å². The maximum atomic E-state index is 9.56. The Bertz CT molecular complexity index is 410. The van der Waals surface area contributed by atoms with Gasteiger partial charge in [-0.25, -0.2) is 0 Å². The van der Waals surface area contributed by atoms with Crippen LogP contribution in [0.25, 0.3) is 0 Å². The topological polar surface area (TPSA) is 20.2 Å². The third-order valence-corrected chi connectivity index (χ3v) is 3.73. The Morgan fingerprint density at radius 1 is 1.25 bits per heavy atom. The summed E-state index contributed by atoms with van der Waals surface area (Å²) in [7, 11) is 0. The first kappa shape index (κ1) is 11.5. The van der Waals surface area contributed by atoms with Crippen molar-refractivity contribution in [3.63, 3.8) is 0 Å².